The molecule has 1 amide bonds. The van der Waals surface area contributed by atoms with Crippen LogP contribution in [0.3, 0.4) is 0 Å². The average Bonchev–Trinajstić information content (AvgIpc) is 3.33. The molecule has 5 rings (SSSR count). The molecular formula is C20H18F3N5O. The fourth-order valence-electron chi connectivity index (χ4n) is 3.92. The predicted molar refractivity (Wildman–Crippen MR) is 97.5 cm³/mol. The second kappa shape index (κ2) is 6.47. The molecule has 1 aromatic carbocycles. The number of nitrogens with zero attached hydrogens (tertiary/aromatic N) is 5. The number of benzene rings is 1. The van der Waals surface area contributed by atoms with Gasteiger partial charge < -0.3 is 4.90 Å². The van der Waals surface area contributed by atoms with Crippen molar-refractivity contribution in [2.45, 2.75) is 31.8 Å². The third-order valence-electron chi connectivity index (χ3n) is 5.51. The minimum atomic E-state index is -1.49. The zero-order chi connectivity index (χ0) is 20.3. The molecule has 150 valence electrons. The van der Waals surface area contributed by atoms with Crippen LogP contribution < -0.4 is 0 Å². The standard InChI is InChI=1S/C20H18F3N5O/c1-26-19(11-6-15(21)18(23)16(22)7-11)14-4-5-27(10-17(14)25-26)20(29)12-8-24-28(9-12)13-2-3-13/h6-9,13H,2-5,10H2,1H3. The minimum Gasteiger partial charge on any atom is -0.332 e. The lowest BCUT2D eigenvalue weighted by Crippen LogP contribution is -2.35. The van der Waals surface area contributed by atoms with E-state index in [2.05, 4.69) is 10.2 Å². The summed E-state index contributed by atoms with van der Waals surface area (Å²) in [6.45, 7) is 0.744. The van der Waals surface area contributed by atoms with E-state index in [1.54, 1.807) is 24.3 Å². The van der Waals surface area contributed by atoms with Gasteiger partial charge in [0.1, 0.15) is 0 Å². The number of carbonyl (C=O) groups is 1. The van der Waals surface area contributed by atoms with Crippen molar-refractivity contribution < 1.29 is 18.0 Å². The number of hydrogen-bond acceptors (Lipinski definition) is 3. The van der Waals surface area contributed by atoms with Gasteiger partial charge in [-0.25, -0.2) is 13.2 Å². The van der Waals surface area contributed by atoms with Gasteiger partial charge in [0.25, 0.3) is 5.91 Å². The third kappa shape index (κ3) is 3.01. The Balaban J connectivity index is 1.43. The Labute approximate surface area is 164 Å². The molecule has 29 heavy (non-hydrogen) atoms. The largest absolute Gasteiger partial charge is 0.332 e. The third-order valence-corrected chi connectivity index (χ3v) is 5.51. The first-order chi connectivity index (χ1) is 13.9. The number of halogens is 3. The second-order valence-electron chi connectivity index (χ2n) is 7.57. The highest BCUT2D eigenvalue weighted by atomic mass is 19.2. The summed E-state index contributed by atoms with van der Waals surface area (Å²) in [6.07, 6.45) is 6.03. The Morgan fingerprint density at radius 3 is 2.59 bits per heavy atom. The Morgan fingerprint density at radius 1 is 1.17 bits per heavy atom. The SMILES string of the molecule is Cn1nc2c(c1-c1cc(F)c(F)c(F)c1)CCN(C(=O)c1cnn(C3CC3)c1)C2. The summed E-state index contributed by atoms with van der Waals surface area (Å²) >= 11 is 0. The van der Waals surface area contributed by atoms with Gasteiger partial charge in [-0.05, 0) is 31.4 Å². The molecule has 1 aliphatic carbocycles. The smallest absolute Gasteiger partial charge is 0.257 e. The molecule has 0 bridgehead atoms. The second-order valence-corrected chi connectivity index (χ2v) is 7.57. The molecule has 0 atom stereocenters. The first kappa shape index (κ1) is 18.0. The Bertz CT molecular complexity index is 1110. The lowest BCUT2D eigenvalue weighted by Gasteiger charge is -2.26. The number of aromatic nitrogens is 4. The van der Waals surface area contributed by atoms with Crippen LogP contribution >= 0.6 is 0 Å². The topological polar surface area (TPSA) is 56.0 Å². The lowest BCUT2D eigenvalue weighted by atomic mass is 9.99. The molecule has 0 spiro atoms. The van der Waals surface area contributed by atoms with Crippen LogP contribution in [0.15, 0.2) is 24.5 Å². The van der Waals surface area contributed by atoms with Gasteiger partial charge in [0.2, 0.25) is 0 Å². The van der Waals surface area contributed by atoms with Crippen LogP contribution in [0.5, 0.6) is 0 Å². The normalized spacial score (nSPS) is 16.2. The van der Waals surface area contributed by atoms with E-state index in [9.17, 15) is 18.0 Å². The quantitative estimate of drug-likeness (QED) is 0.634. The average molecular weight is 401 g/mol. The van der Waals surface area contributed by atoms with Crippen LogP contribution in [0.4, 0.5) is 13.2 Å². The zero-order valence-electron chi connectivity index (χ0n) is 15.7. The summed E-state index contributed by atoms with van der Waals surface area (Å²) in [5, 5.41) is 8.71. The molecule has 0 radical (unpaired) electrons. The summed E-state index contributed by atoms with van der Waals surface area (Å²) in [6, 6.07) is 2.35. The van der Waals surface area contributed by atoms with E-state index < -0.39 is 17.5 Å². The van der Waals surface area contributed by atoms with Crippen LogP contribution in [0.25, 0.3) is 11.3 Å². The molecule has 0 saturated heterocycles. The van der Waals surface area contributed by atoms with Gasteiger partial charge in [0, 0.05) is 30.9 Å². The molecule has 3 aromatic rings. The first-order valence-corrected chi connectivity index (χ1v) is 9.45. The molecular weight excluding hydrogens is 383 g/mol. The van der Waals surface area contributed by atoms with E-state index >= 15 is 0 Å². The summed E-state index contributed by atoms with van der Waals surface area (Å²) in [5.41, 5.74) is 2.78. The summed E-state index contributed by atoms with van der Waals surface area (Å²) < 4.78 is 44.1. The maximum absolute atomic E-state index is 13.7. The van der Waals surface area contributed by atoms with Crippen LogP contribution in [-0.4, -0.2) is 36.9 Å². The van der Waals surface area contributed by atoms with Crippen molar-refractivity contribution in [1.82, 2.24) is 24.5 Å². The van der Waals surface area contributed by atoms with Crippen molar-refractivity contribution in [3.8, 4) is 11.3 Å². The number of amides is 1. The molecule has 0 unspecified atom stereocenters. The maximum Gasteiger partial charge on any atom is 0.257 e. The highest BCUT2D eigenvalue weighted by molar-refractivity contribution is 5.94. The number of rotatable bonds is 3. The van der Waals surface area contributed by atoms with Crippen molar-refractivity contribution >= 4 is 5.91 Å². The number of carbonyl (C=O) groups excluding carboxylic acids is 1. The van der Waals surface area contributed by atoms with Crippen molar-refractivity contribution in [3.05, 3.63) is 58.8 Å². The maximum atomic E-state index is 13.7. The van der Waals surface area contributed by atoms with Gasteiger partial charge in [-0.3, -0.25) is 14.2 Å². The zero-order valence-corrected chi connectivity index (χ0v) is 15.7. The van der Waals surface area contributed by atoms with Gasteiger partial charge in [-0.15, -0.1) is 0 Å². The monoisotopic (exact) mass is 401 g/mol. The van der Waals surface area contributed by atoms with Crippen LogP contribution in [0, 0.1) is 17.5 Å². The molecule has 2 aliphatic rings. The first-order valence-electron chi connectivity index (χ1n) is 9.45. The summed E-state index contributed by atoms with van der Waals surface area (Å²) in [5.74, 6) is -4.09. The van der Waals surface area contributed by atoms with E-state index in [4.69, 9.17) is 0 Å². The number of aryl methyl sites for hydroxylation is 1. The minimum absolute atomic E-state index is 0.117. The van der Waals surface area contributed by atoms with E-state index in [-0.39, 0.29) is 11.5 Å². The molecule has 2 aromatic heterocycles. The highest BCUT2D eigenvalue weighted by Gasteiger charge is 2.30. The molecule has 6 nitrogen and oxygen atoms in total. The van der Waals surface area contributed by atoms with Gasteiger partial charge in [-0.2, -0.15) is 10.2 Å². The molecule has 0 N–H and O–H groups in total. The number of hydrogen-bond donors (Lipinski definition) is 0. The van der Waals surface area contributed by atoms with E-state index in [1.807, 2.05) is 4.68 Å². The Morgan fingerprint density at radius 2 is 1.90 bits per heavy atom. The molecule has 1 fully saturated rings. The van der Waals surface area contributed by atoms with Crippen molar-refractivity contribution in [2.75, 3.05) is 6.54 Å². The van der Waals surface area contributed by atoms with Crippen molar-refractivity contribution in [3.63, 3.8) is 0 Å². The van der Waals surface area contributed by atoms with Crippen molar-refractivity contribution in [1.29, 1.82) is 0 Å². The van der Waals surface area contributed by atoms with Gasteiger partial charge >= 0.3 is 0 Å². The lowest BCUT2D eigenvalue weighted by molar-refractivity contribution is 0.0732. The molecule has 1 saturated carbocycles. The van der Waals surface area contributed by atoms with Gasteiger partial charge in [-0.1, -0.05) is 0 Å². The fourth-order valence-corrected chi connectivity index (χ4v) is 3.92. The predicted octanol–water partition coefficient (Wildman–Crippen LogP) is 3.23. The van der Waals surface area contributed by atoms with E-state index in [0.717, 1.165) is 30.5 Å². The fraction of sp³-hybridized carbons (Fsp3) is 0.350. The van der Waals surface area contributed by atoms with Gasteiger partial charge in [0.05, 0.1) is 35.7 Å². The van der Waals surface area contributed by atoms with Crippen LogP contribution in [0.1, 0.15) is 40.5 Å². The van der Waals surface area contributed by atoms with Crippen LogP contribution in [-0.2, 0) is 20.0 Å². The molecule has 1 aliphatic heterocycles. The van der Waals surface area contributed by atoms with Crippen LogP contribution in [0.2, 0.25) is 0 Å². The number of fused-ring (bicyclic) bond motifs is 1. The molecule has 3 heterocycles. The summed E-state index contributed by atoms with van der Waals surface area (Å²) in [7, 11) is 1.67. The molecule has 9 heteroatoms. The Hall–Kier alpha value is -3.10. The van der Waals surface area contributed by atoms with Gasteiger partial charge in [0.15, 0.2) is 17.5 Å². The van der Waals surface area contributed by atoms with E-state index in [1.165, 1.54) is 4.68 Å². The van der Waals surface area contributed by atoms with E-state index in [0.29, 0.717) is 42.5 Å². The van der Waals surface area contributed by atoms with Crippen molar-refractivity contribution in [2.24, 2.45) is 7.05 Å². The Kier molecular flexibility index (Phi) is 4.01. The summed E-state index contributed by atoms with van der Waals surface area (Å²) in [4.78, 5) is 14.5. The highest BCUT2D eigenvalue weighted by Crippen LogP contribution is 2.35.